The number of fused-ring (bicyclic) bond motifs is 2. The molecule has 1 N–H and O–H groups in total. The Hall–Kier alpha value is -3.14. The number of carboxylic acid groups (broad SMARTS) is 1. The van der Waals surface area contributed by atoms with Crippen molar-refractivity contribution < 1.29 is 28.8 Å². The van der Waals surface area contributed by atoms with Crippen LogP contribution in [-0.4, -0.2) is 62.0 Å². The number of ether oxygens (including phenoxy) is 1. The predicted octanol–water partition coefficient (Wildman–Crippen LogP) is 3.87. The summed E-state index contributed by atoms with van der Waals surface area (Å²) in [6, 6.07) is 3.37. The number of hydrogen-bond donors (Lipinski definition) is 1. The minimum absolute atomic E-state index is 0.0719. The highest BCUT2D eigenvalue weighted by molar-refractivity contribution is 6.31. The highest BCUT2D eigenvalue weighted by Crippen LogP contribution is 2.61. The summed E-state index contributed by atoms with van der Waals surface area (Å²) in [6.45, 7) is 4.52. The van der Waals surface area contributed by atoms with Gasteiger partial charge in [0.1, 0.15) is 5.75 Å². The number of hydrogen-bond acceptors (Lipinski definition) is 7. The fourth-order valence-corrected chi connectivity index (χ4v) is 7.43. The molecule has 1 aromatic heterocycles. The van der Waals surface area contributed by atoms with Gasteiger partial charge in [-0.1, -0.05) is 29.6 Å². The van der Waals surface area contributed by atoms with Crippen LogP contribution in [0.3, 0.4) is 0 Å². The third-order valence-electron chi connectivity index (χ3n) is 9.29. The molecule has 0 radical (unpaired) electrons. The van der Waals surface area contributed by atoms with Crippen molar-refractivity contribution >= 4 is 29.4 Å². The number of carboxylic acids is 1. The maximum atomic E-state index is 14.4. The van der Waals surface area contributed by atoms with Crippen molar-refractivity contribution in [1.29, 1.82) is 0 Å². The molecule has 10 nitrogen and oxygen atoms in total. The Balaban J connectivity index is 1.43. The van der Waals surface area contributed by atoms with Crippen molar-refractivity contribution in [3.05, 3.63) is 40.0 Å². The van der Waals surface area contributed by atoms with Gasteiger partial charge in [-0.15, -0.1) is 0 Å². The third-order valence-corrected chi connectivity index (χ3v) is 9.64. The summed E-state index contributed by atoms with van der Waals surface area (Å²) in [5.74, 6) is -0.247. The molecule has 1 saturated heterocycles. The van der Waals surface area contributed by atoms with Crippen LogP contribution in [0.4, 0.5) is 0 Å². The maximum absolute atomic E-state index is 14.4. The molecule has 2 saturated carbocycles. The highest BCUT2D eigenvalue weighted by Gasteiger charge is 2.68. The predicted molar refractivity (Wildman–Crippen MR) is 139 cm³/mol. The van der Waals surface area contributed by atoms with Crippen molar-refractivity contribution in [2.45, 2.75) is 83.4 Å². The number of nitrogens with zero attached hydrogens (tertiary/aromatic N) is 4. The van der Waals surface area contributed by atoms with Gasteiger partial charge in [-0.05, 0) is 50.3 Å². The van der Waals surface area contributed by atoms with Crippen LogP contribution >= 0.6 is 11.6 Å². The van der Waals surface area contributed by atoms with Crippen LogP contribution in [0.2, 0.25) is 5.02 Å². The van der Waals surface area contributed by atoms with E-state index in [2.05, 4.69) is 10.1 Å². The first-order chi connectivity index (χ1) is 18.7. The lowest BCUT2D eigenvalue weighted by Gasteiger charge is -2.46. The lowest BCUT2D eigenvalue weighted by atomic mass is 9.66. The highest BCUT2D eigenvalue weighted by atomic mass is 35.5. The van der Waals surface area contributed by atoms with Crippen LogP contribution in [0, 0.1) is 18.3 Å². The normalized spacial score (nSPS) is 30.0. The molecule has 39 heavy (non-hydrogen) atoms. The number of carbonyl (C=O) groups is 3. The quantitative estimate of drug-likeness (QED) is 0.568. The summed E-state index contributed by atoms with van der Waals surface area (Å²) in [4.78, 5) is 47.7. The molecule has 2 aromatic rings. The van der Waals surface area contributed by atoms with Gasteiger partial charge in [0.2, 0.25) is 23.5 Å². The Kier molecular flexibility index (Phi) is 6.36. The molecular formula is C28H33ClN4O6. The molecular weight excluding hydrogens is 524 g/mol. The lowest BCUT2D eigenvalue weighted by molar-refractivity contribution is -0.163. The number of rotatable bonds is 6. The molecule has 1 aromatic carbocycles. The van der Waals surface area contributed by atoms with Crippen LogP contribution < -0.4 is 4.74 Å². The second-order valence-electron chi connectivity index (χ2n) is 11.5. The molecule has 2 amide bonds. The van der Waals surface area contributed by atoms with E-state index in [4.69, 9.17) is 20.9 Å². The maximum Gasteiger partial charge on any atom is 0.310 e. The number of likely N-dealkylation sites (tertiary alicyclic amines) is 1. The molecule has 2 aliphatic carbocycles. The second-order valence-corrected chi connectivity index (χ2v) is 11.9. The SMILES string of the molecule is Cc1nc(COc2ccc(Cl)c3c2[C@@]2(C[C@H]2N2CCCC2=O)N(C(=O)[C@@H]2CCCC[C@]2(C)C(=O)O)CC3)no1. The van der Waals surface area contributed by atoms with Gasteiger partial charge in [0.25, 0.3) is 0 Å². The number of carbonyl (C=O) groups excluding carboxylic acids is 2. The number of aryl methyl sites for hydroxylation is 1. The summed E-state index contributed by atoms with van der Waals surface area (Å²) < 4.78 is 11.3. The van der Waals surface area contributed by atoms with Crippen molar-refractivity contribution in [3.63, 3.8) is 0 Å². The van der Waals surface area contributed by atoms with E-state index in [1.165, 1.54) is 0 Å². The van der Waals surface area contributed by atoms with E-state index in [1.807, 2.05) is 9.80 Å². The zero-order valence-electron chi connectivity index (χ0n) is 22.2. The molecule has 4 atom stereocenters. The fourth-order valence-electron chi connectivity index (χ4n) is 7.18. The number of aliphatic carboxylic acids is 1. The van der Waals surface area contributed by atoms with Crippen LogP contribution in [0.5, 0.6) is 5.75 Å². The Bertz CT molecular complexity index is 1350. The molecule has 0 bridgehead atoms. The minimum atomic E-state index is -1.13. The topological polar surface area (TPSA) is 126 Å². The molecule has 3 fully saturated rings. The summed E-state index contributed by atoms with van der Waals surface area (Å²) in [6.07, 6.45) is 4.94. The molecule has 0 unspecified atom stereocenters. The van der Waals surface area contributed by atoms with Crippen molar-refractivity contribution in [3.8, 4) is 5.75 Å². The lowest BCUT2D eigenvalue weighted by Crippen LogP contribution is -2.55. The van der Waals surface area contributed by atoms with Crippen LogP contribution in [0.1, 0.15) is 74.7 Å². The zero-order chi connectivity index (χ0) is 27.5. The minimum Gasteiger partial charge on any atom is -0.485 e. The third kappa shape index (κ3) is 4.10. The first-order valence-corrected chi connectivity index (χ1v) is 14.1. The standard InChI is InChI=1S/C28H33ClN4O6/c1-16-30-22(31-39-16)15-38-20-9-8-19(29)17-10-13-33(25(35)18-6-3-4-11-27(18,2)26(36)37)28(24(17)20)14-21(28)32-12-5-7-23(32)34/h8-9,18,21H,3-7,10-15H2,1-2H3,(H,36,37)/t18-,21+,27-,28-/m0/s1. The first kappa shape index (κ1) is 26.1. The summed E-state index contributed by atoms with van der Waals surface area (Å²) >= 11 is 6.73. The van der Waals surface area contributed by atoms with Gasteiger partial charge in [-0.25, -0.2) is 0 Å². The van der Waals surface area contributed by atoms with E-state index >= 15 is 0 Å². The van der Waals surface area contributed by atoms with Gasteiger partial charge in [-0.3, -0.25) is 14.4 Å². The van der Waals surface area contributed by atoms with E-state index in [0.717, 1.165) is 30.4 Å². The largest absolute Gasteiger partial charge is 0.485 e. The number of aromatic nitrogens is 2. The zero-order valence-corrected chi connectivity index (χ0v) is 23.0. The van der Waals surface area contributed by atoms with Crippen LogP contribution in [0.15, 0.2) is 16.7 Å². The van der Waals surface area contributed by atoms with Crippen molar-refractivity contribution in [1.82, 2.24) is 19.9 Å². The van der Waals surface area contributed by atoms with Crippen molar-refractivity contribution in [2.75, 3.05) is 13.1 Å². The summed E-state index contributed by atoms with van der Waals surface area (Å²) in [5.41, 5.74) is -0.238. The Morgan fingerprint density at radius 1 is 1.23 bits per heavy atom. The smallest absolute Gasteiger partial charge is 0.310 e. The number of benzene rings is 1. The molecule has 3 heterocycles. The average molecular weight is 557 g/mol. The van der Waals surface area contributed by atoms with Crippen molar-refractivity contribution in [2.24, 2.45) is 11.3 Å². The molecule has 4 aliphatic rings. The molecule has 2 aliphatic heterocycles. The van der Waals surface area contributed by atoms with Gasteiger partial charge in [-0.2, -0.15) is 4.98 Å². The number of amides is 2. The van der Waals surface area contributed by atoms with Gasteiger partial charge >= 0.3 is 5.97 Å². The summed E-state index contributed by atoms with van der Waals surface area (Å²) in [5, 5.41) is 14.7. The molecule has 11 heteroatoms. The molecule has 1 spiro atoms. The van der Waals surface area contributed by atoms with Gasteiger partial charge in [0.15, 0.2) is 6.61 Å². The monoisotopic (exact) mass is 556 g/mol. The fraction of sp³-hybridized carbons (Fsp3) is 0.607. The van der Waals surface area contributed by atoms with Gasteiger partial charge < -0.3 is 24.2 Å². The van der Waals surface area contributed by atoms with E-state index in [-0.39, 0.29) is 24.5 Å². The molecule has 6 rings (SSSR count). The van der Waals surface area contributed by atoms with E-state index in [0.29, 0.717) is 67.7 Å². The Morgan fingerprint density at radius 3 is 2.74 bits per heavy atom. The Morgan fingerprint density at radius 2 is 2.05 bits per heavy atom. The Labute approximate surface area is 231 Å². The van der Waals surface area contributed by atoms with E-state index in [9.17, 15) is 19.5 Å². The first-order valence-electron chi connectivity index (χ1n) is 13.7. The van der Waals surface area contributed by atoms with Crippen LogP contribution in [-0.2, 0) is 33.0 Å². The van der Waals surface area contributed by atoms with E-state index in [1.54, 1.807) is 26.0 Å². The van der Waals surface area contributed by atoms with Gasteiger partial charge in [0, 0.05) is 43.4 Å². The summed E-state index contributed by atoms with van der Waals surface area (Å²) in [7, 11) is 0. The average Bonchev–Trinajstić information content (AvgIpc) is 3.21. The van der Waals surface area contributed by atoms with Crippen LogP contribution in [0.25, 0.3) is 0 Å². The van der Waals surface area contributed by atoms with E-state index < -0.39 is 22.8 Å². The molecule has 208 valence electrons. The number of halogens is 1. The second kappa shape index (κ2) is 9.50. The van der Waals surface area contributed by atoms with Gasteiger partial charge in [0.05, 0.1) is 22.9 Å².